The van der Waals surface area contributed by atoms with Crippen LogP contribution in [0.4, 0.5) is 0 Å². The van der Waals surface area contributed by atoms with E-state index in [4.69, 9.17) is 4.43 Å². The molecule has 1 aliphatic rings. The highest BCUT2D eigenvalue weighted by molar-refractivity contribution is 6.77. The minimum Gasteiger partial charge on any atom is -0.406 e. The molecule has 1 aromatic carbocycles. The van der Waals surface area contributed by atoms with Crippen molar-refractivity contribution in [3.8, 4) is 0 Å². The van der Waals surface area contributed by atoms with Crippen molar-refractivity contribution in [2.75, 3.05) is 0 Å². The van der Waals surface area contributed by atoms with Crippen LogP contribution in [-0.4, -0.2) is 8.32 Å². The van der Waals surface area contributed by atoms with E-state index in [0.29, 0.717) is 6.10 Å². The fraction of sp³-hybridized carbons (Fsp3) is 0.385. The first-order valence-corrected chi connectivity index (χ1v) is 8.29. The molecule has 0 N–H and O–H groups in total. The van der Waals surface area contributed by atoms with E-state index in [9.17, 15) is 0 Å². The predicted molar refractivity (Wildman–Crippen MR) is 66.1 cm³/mol. The fourth-order valence-electron chi connectivity index (χ4n) is 2.13. The van der Waals surface area contributed by atoms with E-state index in [2.05, 4.69) is 49.2 Å². The van der Waals surface area contributed by atoms with Crippen LogP contribution in [0.5, 0.6) is 0 Å². The van der Waals surface area contributed by atoms with E-state index in [1.165, 1.54) is 18.0 Å². The Bertz CT molecular complexity index is 336. The third-order valence-corrected chi connectivity index (χ3v) is 6.19. The second kappa shape index (κ2) is 4.33. The van der Waals surface area contributed by atoms with Crippen molar-refractivity contribution in [1.82, 2.24) is 0 Å². The fourth-order valence-corrected chi connectivity index (χ4v) is 4.36. The molecule has 1 fully saturated rings. The molecule has 1 aromatic rings. The van der Waals surface area contributed by atoms with Crippen LogP contribution >= 0.6 is 0 Å². The second-order valence-electron chi connectivity index (χ2n) is 4.43. The molecule has 1 nitrogen and oxygen atoms in total. The highest BCUT2D eigenvalue weighted by atomic mass is 28.4. The zero-order chi connectivity index (χ0) is 10.7. The van der Waals surface area contributed by atoms with Gasteiger partial charge in [0.25, 0.3) is 0 Å². The molecule has 0 radical (unpaired) electrons. The molecule has 0 amide bonds. The third kappa shape index (κ3) is 2.39. The summed E-state index contributed by atoms with van der Waals surface area (Å²) in [5.41, 5.74) is 3.39. The van der Waals surface area contributed by atoms with E-state index < -0.39 is 8.32 Å². The molecule has 2 atom stereocenters. The Morgan fingerprint density at radius 2 is 2.13 bits per heavy atom. The predicted octanol–water partition coefficient (Wildman–Crippen LogP) is 3.84. The molecule has 1 saturated heterocycles. The lowest BCUT2D eigenvalue weighted by Gasteiger charge is -2.35. The molecular formula is C13H18OSi. The van der Waals surface area contributed by atoms with E-state index in [1.54, 1.807) is 0 Å². The van der Waals surface area contributed by atoms with Crippen LogP contribution in [0.25, 0.3) is 0 Å². The van der Waals surface area contributed by atoms with Gasteiger partial charge >= 0.3 is 0 Å². The van der Waals surface area contributed by atoms with Gasteiger partial charge in [-0.25, -0.2) is 0 Å². The second-order valence-corrected chi connectivity index (χ2v) is 8.20. The van der Waals surface area contributed by atoms with E-state index >= 15 is 0 Å². The molecule has 1 aliphatic heterocycles. The van der Waals surface area contributed by atoms with Crippen LogP contribution in [0.1, 0.15) is 24.5 Å². The minimum absolute atomic E-state index is 0.301. The summed E-state index contributed by atoms with van der Waals surface area (Å²) in [4.78, 5) is 0. The Morgan fingerprint density at radius 1 is 1.40 bits per heavy atom. The number of benzene rings is 1. The summed E-state index contributed by atoms with van der Waals surface area (Å²) in [5, 5.41) is 0. The molecule has 0 spiro atoms. The SMILES string of the molecule is C=C[Si]1(C)CCCC(c2ccccc2)O1. The standard InChI is InChI=1S/C13H18OSi/c1-3-15(2)11-7-10-13(14-15)12-8-5-4-6-9-12/h3-6,8-9,13H,1,7,10-11H2,2H3. The normalized spacial score (nSPS) is 31.1. The summed E-state index contributed by atoms with van der Waals surface area (Å²) >= 11 is 0. The van der Waals surface area contributed by atoms with Crippen molar-refractivity contribution in [1.29, 1.82) is 0 Å². The van der Waals surface area contributed by atoms with Gasteiger partial charge in [-0.1, -0.05) is 42.5 Å². The maximum absolute atomic E-state index is 6.23. The average molecular weight is 218 g/mol. The molecule has 2 rings (SSSR count). The quantitative estimate of drug-likeness (QED) is 0.685. The van der Waals surface area contributed by atoms with Gasteiger partial charge in [0.1, 0.15) is 0 Å². The lowest BCUT2D eigenvalue weighted by molar-refractivity contribution is 0.166. The van der Waals surface area contributed by atoms with E-state index in [1.807, 2.05) is 0 Å². The van der Waals surface area contributed by atoms with Gasteiger partial charge in [0, 0.05) is 0 Å². The summed E-state index contributed by atoms with van der Waals surface area (Å²) < 4.78 is 6.23. The molecule has 1 heterocycles. The molecule has 0 aliphatic carbocycles. The molecule has 0 saturated carbocycles. The van der Waals surface area contributed by atoms with Crippen molar-refractivity contribution in [2.45, 2.75) is 31.5 Å². The third-order valence-electron chi connectivity index (χ3n) is 3.15. The van der Waals surface area contributed by atoms with Crippen LogP contribution in [0.15, 0.2) is 42.6 Å². The minimum atomic E-state index is -1.59. The molecule has 80 valence electrons. The lowest BCUT2D eigenvalue weighted by atomic mass is 10.1. The Balaban J connectivity index is 2.15. The maximum Gasteiger partial charge on any atom is 0.214 e. The molecule has 15 heavy (non-hydrogen) atoms. The number of rotatable bonds is 2. The van der Waals surface area contributed by atoms with E-state index in [0.717, 1.165) is 6.42 Å². The first kappa shape index (κ1) is 10.6. The average Bonchev–Trinajstić information content (AvgIpc) is 2.30. The first-order chi connectivity index (χ1) is 7.23. The van der Waals surface area contributed by atoms with Crippen LogP contribution in [0.2, 0.25) is 12.6 Å². The van der Waals surface area contributed by atoms with Gasteiger partial charge in [-0.3, -0.25) is 0 Å². The zero-order valence-electron chi connectivity index (χ0n) is 9.28. The number of hydrogen-bond donors (Lipinski definition) is 0. The Morgan fingerprint density at radius 3 is 2.80 bits per heavy atom. The Labute approximate surface area is 92.9 Å². The van der Waals surface area contributed by atoms with Crippen LogP contribution in [-0.2, 0) is 4.43 Å². The Hall–Kier alpha value is -0.863. The van der Waals surface area contributed by atoms with Gasteiger partial charge in [-0.15, -0.1) is 6.58 Å². The van der Waals surface area contributed by atoms with Gasteiger partial charge in [0.05, 0.1) is 6.10 Å². The summed E-state index contributed by atoms with van der Waals surface area (Å²) in [6, 6.07) is 11.8. The van der Waals surface area contributed by atoms with Gasteiger partial charge in [-0.05, 0) is 24.6 Å². The monoisotopic (exact) mass is 218 g/mol. The van der Waals surface area contributed by atoms with Gasteiger partial charge in [0.2, 0.25) is 8.32 Å². The first-order valence-electron chi connectivity index (χ1n) is 5.60. The van der Waals surface area contributed by atoms with Crippen molar-refractivity contribution >= 4 is 8.32 Å². The van der Waals surface area contributed by atoms with Crippen molar-refractivity contribution in [2.24, 2.45) is 0 Å². The zero-order valence-corrected chi connectivity index (χ0v) is 10.3. The highest BCUT2D eigenvalue weighted by Gasteiger charge is 2.33. The number of hydrogen-bond acceptors (Lipinski definition) is 1. The summed E-state index contributed by atoms with van der Waals surface area (Å²) in [6.45, 7) is 6.18. The van der Waals surface area contributed by atoms with Gasteiger partial charge in [-0.2, -0.15) is 0 Å². The summed E-state index contributed by atoms with van der Waals surface area (Å²) in [5.74, 6) is 0. The molecule has 0 aromatic heterocycles. The maximum atomic E-state index is 6.23. The highest BCUT2D eigenvalue weighted by Crippen LogP contribution is 2.35. The van der Waals surface area contributed by atoms with Gasteiger partial charge in [0.15, 0.2) is 0 Å². The van der Waals surface area contributed by atoms with Crippen LogP contribution in [0, 0.1) is 0 Å². The largest absolute Gasteiger partial charge is 0.406 e. The van der Waals surface area contributed by atoms with Gasteiger partial charge < -0.3 is 4.43 Å². The van der Waals surface area contributed by atoms with Crippen LogP contribution in [0.3, 0.4) is 0 Å². The van der Waals surface area contributed by atoms with Crippen LogP contribution < -0.4 is 0 Å². The summed E-state index contributed by atoms with van der Waals surface area (Å²) in [6.07, 6.45) is 2.73. The molecule has 0 bridgehead atoms. The molecule has 2 heteroatoms. The van der Waals surface area contributed by atoms with Crippen molar-refractivity contribution in [3.05, 3.63) is 48.2 Å². The topological polar surface area (TPSA) is 9.23 Å². The van der Waals surface area contributed by atoms with Crippen molar-refractivity contribution in [3.63, 3.8) is 0 Å². The molecule has 2 unspecified atom stereocenters. The summed E-state index contributed by atoms with van der Waals surface area (Å²) in [7, 11) is -1.59. The smallest absolute Gasteiger partial charge is 0.214 e. The Kier molecular flexibility index (Phi) is 3.07. The van der Waals surface area contributed by atoms with E-state index in [-0.39, 0.29) is 0 Å². The lowest BCUT2D eigenvalue weighted by Crippen LogP contribution is -2.37. The van der Waals surface area contributed by atoms with Crippen molar-refractivity contribution < 1.29 is 4.43 Å². The molecular weight excluding hydrogens is 200 g/mol.